The van der Waals surface area contributed by atoms with Gasteiger partial charge in [0, 0.05) is 22.3 Å². The van der Waals surface area contributed by atoms with Crippen molar-refractivity contribution in [2.75, 3.05) is 18.6 Å². The first-order valence-electron chi connectivity index (χ1n) is 10.0. The normalized spacial score (nSPS) is 15.0. The molecule has 1 rings (SSSR count). The van der Waals surface area contributed by atoms with E-state index in [4.69, 9.17) is 5.21 Å². The van der Waals surface area contributed by atoms with Crippen LogP contribution in [-0.4, -0.2) is 58.2 Å². The molecule has 0 aliphatic carbocycles. The van der Waals surface area contributed by atoms with Gasteiger partial charge in [0.05, 0.1) is 5.92 Å². The summed E-state index contributed by atoms with van der Waals surface area (Å²) in [5, 5.41) is 25.6. The van der Waals surface area contributed by atoms with Crippen LogP contribution in [0.3, 0.4) is 0 Å². The molecule has 0 bridgehead atoms. The molecular formula is C21H32IN3O5S. The summed E-state index contributed by atoms with van der Waals surface area (Å²) in [5.41, 5.74) is 0.247. The molecule has 174 valence electrons. The number of nitrogens with one attached hydrogen (secondary N) is 3. The standard InChI is InChI=1S/C21H32IN3O5S/c1-13(2)12-21(29,14(3)18(26)25-30)20(28)24-17(19(27)23-9-10-31-4)11-15-5-7-16(22)8-6-15/h5-8,13-14,17,29-30H,9-12H2,1-4H3,(H,23,27)(H,24,28)(H,25,26). The fourth-order valence-electron chi connectivity index (χ4n) is 3.15. The zero-order chi connectivity index (χ0) is 23.6. The number of carbonyl (C=O) groups excluding carboxylic acids is 3. The van der Waals surface area contributed by atoms with Crippen LogP contribution >= 0.6 is 34.4 Å². The minimum absolute atomic E-state index is 0.0161. The Kier molecular flexibility index (Phi) is 11.8. The number of hydroxylamine groups is 1. The van der Waals surface area contributed by atoms with E-state index < -0.39 is 29.4 Å². The molecule has 8 nitrogen and oxygen atoms in total. The molecule has 3 unspecified atom stereocenters. The van der Waals surface area contributed by atoms with Gasteiger partial charge in [-0.15, -0.1) is 0 Å². The summed E-state index contributed by atoms with van der Waals surface area (Å²) >= 11 is 3.77. The van der Waals surface area contributed by atoms with Crippen LogP contribution < -0.4 is 16.1 Å². The fourth-order valence-corrected chi connectivity index (χ4v) is 3.82. The lowest BCUT2D eigenvalue weighted by molar-refractivity contribution is -0.159. The topological polar surface area (TPSA) is 128 Å². The maximum absolute atomic E-state index is 13.1. The van der Waals surface area contributed by atoms with Crippen molar-refractivity contribution < 1.29 is 24.7 Å². The second kappa shape index (κ2) is 13.2. The molecule has 3 amide bonds. The second-order valence-electron chi connectivity index (χ2n) is 7.86. The van der Waals surface area contributed by atoms with Crippen molar-refractivity contribution in [1.29, 1.82) is 0 Å². The lowest BCUT2D eigenvalue weighted by Gasteiger charge is -2.34. The number of thioether (sulfide) groups is 1. The molecule has 31 heavy (non-hydrogen) atoms. The van der Waals surface area contributed by atoms with Crippen molar-refractivity contribution in [2.45, 2.75) is 45.3 Å². The predicted octanol–water partition coefficient (Wildman–Crippen LogP) is 1.72. The summed E-state index contributed by atoms with van der Waals surface area (Å²) in [6.07, 6.45) is 2.14. The zero-order valence-electron chi connectivity index (χ0n) is 18.3. The maximum Gasteiger partial charge on any atom is 0.253 e. The van der Waals surface area contributed by atoms with Gasteiger partial charge in [0.15, 0.2) is 5.60 Å². The lowest BCUT2D eigenvalue weighted by atomic mass is 9.80. The molecule has 0 spiro atoms. The van der Waals surface area contributed by atoms with Crippen molar-refractivity contribution in [2.24, 2.45) is 11.8 Å². The van der Waals surface area contributed by atoms with E-state index in [1.807, 2.05) is 30.5 Å². The second-order valence-corrected chi connectivity index (χ2v) is 10.1. The quantitative estimate of drug-likeness (QED) is 0.114. The van der Waals surface area contributed by atoms with Gasteiger partial charge in [0.25, 0.3) is 5.91 Å². The van der Waals surface area contributed by atoms with Crippen LogP contribution in [0.4, 0.5) is 0 Å². The molecule has 0 heterocycles. The van der Waals surface area contributed by atoms with Gasteiger partial charge in [-0.3, -0.25) is 19.6 Å². The predicted molar refractivity (Wildman–Crippen MR) is 130 cm³/mol. The minimum Gasteiger partial charge on any atom is -0.379 e. The van der Waals surface area contributed by atoms with E-state index in [1.54, 1.807) is 25.6 Å². The summed E-state index contributed by atoms with van der Waals surface area (Å²) in [7, 11) is 0. The smallest absolute Gasteiger partial charge is 0.253 e. The monoisotopic (exact) mass is 565 g/mol. The first-order chi connectivity index (χ1) is 14.5. The van der Waals surface area contributed by atoms with Crippen LogP contribution in [0.25, 0.3) is 0 Å². The van der Waals surface area contributed by atoms with E-state index >= 15 is 0 Å². The highest BCUT2D eigenvalue weighted by atomic mass is 127. The SMILES string of the molecule is CSCCNC(=O)C(Cc1ccc(I)cc1)NC(=O)C(O)(CC(C)C)C(C)C(=O)NO. The first kappa shape index (κ1) is 27.7. The summed E-state index contributed by atoms with van der Waals surface area (Å²) in [4.78, 5) is 37.9. The molecule has 0 aliphatic heterocycles. The average Bonchev–Trinajstić information content (AvgIpc) is 2.72. The van der Waals surface area contributed by atoms with Crippen LogP contribution in [0.1, 0.15) is 32.8 Å². The third-order valence-electron chi connectivity index (χ3n) is 4.91. The van der Waals surface area contributed by atoms with Crippen molar-refractivity contribution >= 4 is 52.1 Å². The number of hydrogen-bond donors (Lipinski definition) is 5. The van der Waals surface area contributed by atoms with Crippen molar-refractivity contribution in [1.82, 2.24) is 16.1 Å². The maximum atomic E-state index is 13.1. The molecule has 0 saturated carbocycles. The van der Waals surface area contributed by atoms with Gasteiger partial charge in [-0.1, -0.05) is 32.9 Å². The molecule has 5 N–H and O–H groups in total. The summed E-state index contributed by atoms with van der Waals surface area (Å²) in [5.74, 6) is -2.69. The third-order valence-corrected chi connectivity index (χ3v) is 6.24. The van der Waals surface area contributed by atoms with Gasteiger partial charge in [-0.2, -0.15) is 11.8 Å². The van der Waals surface area contributed by atoms with Gasteiger partial charge in [-0.05, 0) is 58.9 Å². The zero-order valence-corrected chi connectivity index (χ0v) is 21.2. The third kappa shape index (κ3) is 8.59. The van der Waals surface area contributed by atoms with E-state index in [-0.39, 0.29) is 24.7 Å². The van der Waals surface area contributed by atoms with E-state index in [2.05, 4.69) is 33.2 Å². The van der Waals surface area contributed by atoms with E-state index in [0.717, 1.165) is 14.9 Å². The Morgan fingerprint density at radius 1 is 1.13 bits per heavy atom. The Bertz CT molecular complexity index is 747. The number of benzene rings is 1. The molecule has 1 aromatic rings. The van der Waals surface area contributed by atoms with Crippen LogP contribution in [0, 0.1) is 15.4 Å². The average molecular weight is 565 g/mol. The Labute approximate surface area is 201 Å². The van der Waals surface area contributed by atoms with Crippen LogP contribution in [0.15, 0.2) is 24.3 Å². The van der Waals surface area contributed by atoms with Crippen LogP contribution in [0.5, 0.6) is 0 Å². The van der Waals surface area contributed by atoms with E-state index in [9.17, 15) is 19.5 Å². The Hall–Kier alpha value is -1.37. The molecule has 1 aromatic carbocycles. The number of aliphatic hydroxyl groups is 1. The molecule has 0 aromatic heterocycles. The largest absolute Gasteiger partial charge is 0.379 e. The fraction of sp³-hybridized carbons (Fsp3) is 0.571. The van der Waals surface area contributed by atoms with Gasteiger partial charge < -0.3 is 15.7 Å². The number of carbonyl (C=O) groups is 3. The lowest BCUT2D eigenvalue weighted by Crippen LogP contribution is -2.60. The Morgan fingerprint density at radius 3 is 2.26 bits per heavy atom. The molecule has 3 atom stereocenters. The van der Waals surface area contributed by atoms with Gasteiger partial charge in [0.2, 0.25) is 11.8 Å². The Balaban J connectivity index is 3.14. The Morgan fingerprint density at radius 2 is 1.74 bits per heavy atom. The molecule has 0 saturated heterocycles. The summed E-state index contributed by atoms with van der Waals surface area (Å²) in [6, 6.07) is 6.63. The first-order valence-corrected chi connectivity index (χ1v) is 12.5. The molecule has 0 aliphatic rings. The number of rotatable bonds is 12. The highest BCUT2D eigenvalue weighted by Gasteiger charge is 2.46. The van der Waals surface area contributed by atoms with Crippen molar-refractivity contribution in [3.63, 3.8) is 0 Å². The molecule has 0 radical (unpaired) electrons. The highest BCUT2D eigenvalue weighted by Crippen LogP contribution is 2.27. The summed E-state index contributed by atoms with van der Waals surface area (Å²) < 4.78 is 1.04. The molecular weight excluding hydrogens is 533 g/mol. The van der Waals surface area contributed by atoms with Gasteiger partial charge >= 0.3 is 0 Å². The highest BCUT2D eigenvalue weighted by molar-refractivity contribution is 14.1. The number of halogens is 1. The van der Waals surface area contributed by atoms with Gasteiger partial charge in [0.1, 0.15) is 6.04 Å². The minimum atomic E-state index is -2.09. The van der Waals surface area contributed by atoms with Crippen molar-refractivity contribution in [3.05, 3.63) is 33.4 Å². The number of amides is 3. The molecule has 0 fully saturated rings. The van der Waals surface area contributed by atoms with Crippen molar-refractivity contribution in [3.8, 4) is 0 Å². The van der Waals surface area contributed by atoms with E-state index in [1.165, 1.54) is 12.4 Å². The molecule has 10 heteroatoms. The van der Waals surface area contributed by atoms with Crippen LogP contribution in [-0.2, 0) is 20.8 Å². The van der Waals surface area contributed by atoms with Gasteiger partial charge in [-0.25, -0.2) is 5.48 Å². The van der Waals surface area contributed by atoms with Crippen LogP contribution in [0.2, 0.25) is 0 Å². The van der Waals surface area contributed by atoms with E-state index in [0.29, 0.717) is 6.54 Å². The number of hydrogen-bond acceptors (Lipinski definition) is 6. The summed E-state index contributed by atoms with van der Waals surface area (Å²) in [6.45, 7) is 5.42.